The average Bonchev–Trinajstić information content (AvgIpc) is 2.78. The van der Waals surface area contributed by atoms with E-state index >= 15 is 0 Å². The van der Waals surface area contributed by atoms with Gasteiger partial charge in [-0.15, -0.1) is 0 Å². The van der Waals surface area contributed by atoms with Crippen molar-refractivity contribution in [1.82, 2.24) is 4.90 Å². The number of amides is 1. The summed E-state index contributed by atoms with van der Waals surface area (Å²) in [4.78, 5) is 17.0. The normalized spacial score (nSPS) is 30.3. The highest BCUT2D eigenvalue weighted by molar-refractivity contribution is 6.00. The van der Waals surface area contributed by atoms with Crippen LogP contribution in [0.2, 0.25) is 0 Å². The number of anilines is 1. The highest BCUT2D eigenvalue weighted by Crippen LogP contribution is 2.46. The van der Waals surface area contributed by atoms with E-state index in [-0.39, 0.29) is 5.92 Å². The van der Waals surface area contributed by atoms with Gasteiger partial charge in [-0.05, 0) is 31.0 Å². The number of nitrogens with zero attached hydrogens (tertiary/aromatic N) is 2. The maximum absolute atomic E-state index is 12.6. The van der Waals surface area contributed by atoms with Crippen LogP contribution in [0.4, 0.5) is 5.69 Å². The van der Waals surface area contributed by atoms with Gasteiger partial charge in [0.15, 0.2) is 0 Å². The van der Waals surface area contributed by atoms with Gasteiger partial charge in [-0.1, -0.05) is 18.2 Å². The second-order valence-corrected chi connectivity index (χ2v) is 5.88. The lowest BCUT2D eigenvalue weighted by atomic mass is 9.80. The van der Waals surface area contributed by atoms with Crippen molar-refractivity contribution in [3.05, 3.63) is 29.3 Å². The predicted molar refractivity (Wildman–Crippen MR) is 70.8 cm³/mol. The Morgan fingerprint density at radius 3 is 2.94 bits per heavy atom. The Morgan fingerprint density at radius 1 is 1.22 bits per heavy atom. The third-order valence-electron chi connectivity index (χ3n) is 4.73. The molecule has 0 aromatic heterocycles. The molecule has 0 aliphatic carbocycles. The Morgan fingerprint density at radius 2 is 2.06 bits per heavy atom. The zero-order valence-corrected chi connectivity index (χ0v) is 10.7. The molecular weight excluding hydrogens is 224 g/mol. The van der Waals surface area contributed by atoms with Crippen molar-refractivity contribution in [3.63, 3.8) is 0 Å². The van der Waals surface area contributed by atoms with Crippen molar-refractivity contribution in [1.29, 1.82) is 0 Å². The van der Waals surface area contributed by atoms with E-state index in [9.17, 15) is 4.79 Å². The quantitative estimate of drug-likeness (QED) is 0.690. The first-order valence-corrected chi connectivity index (χ1v) is 6.87. The standard InChI is InChI=1S/C15H18N2O/c1-16-8-12-11-6-2-4-10-5-3-7-17(14(10)11)15(18)13(12)9-16/h2,4,6,12-13H,3,5,7-9H2,1H3/t12-,13+/m0/s1. The fourth-order valence-electron chi connectivity index (χ4n) is 3.97. The van der Waals surface area contributed by atoms with Crippen LogP contribution >= 0.6 is 0 Å². The number of likely N-dealkylation sites (tertiary alicyclic amines) is 1. The number of carbonyl (C=O) groups excluding carboxylic acids is 1. The third-order valence-corrected chi connectivity index (χ3v) is 4.73. The summed E-state index contributed by atoms with van der Waals surface area (Å²) in [6.07, 6.45) is 2.23. The van der Waals surface area contributed by atoms with Crippen LogP contribution in [0.1, 0.15) is 23.5 Å². The van der Waals surface area contributed by atoms with Crippen LogP contribution in [0.5, 0.6) is 0 Å². The predicted octanol–water partition coefficient (Wildman–Crippen LogP) is 1.62. The molecule has 1 fully saturated rings. The van der Waals surface area contributed by atoms with E-state index in [0.717, 1.165) is 32.5 Å². The molecule has 0 unspecified atom stereocenters. The molecule has 3 aliphatic rings. The molecule has 0 N–H and O–H groups in total. The Labute approximate surface area is 107 Å². The SMILES string of the molecule is CN1C[C@H]2C(=O)N3CCCc4cccc(c43)[C@@H]2C1. The van der Waals surface area contributed by atoms with Gasteiger partial charge in [-0.3, -0.25) is 4.79 Å². The van der Waals surface area contributed by atoms with Gasteiger partial charge in [0.2, 0.25) is 5.91 Å². The first kappa shape index (κ1) is 10.6. The van der Waals surface area contributed by atoms with E-state index < -0.39 is 0 Å². The molecule has 3 aliphatic heterocycles. The fraction of sp³-hybridized carbons (Fsp3) is 0.533. The Bertz CT molecular complexity index is 525. The van der Waals surface area contributed by atoms with Gasteiger partial charge in [0, 0.05) is 25.6 Å². The average molecular weight is 242 g/mol. The van der Waals surface area contributed by atoms with E-state index in [1.807, 2.05) is 0 Å². The van der Waals surface area contributed by atoms with Crippen LogP contribution in [0.3, 0.4) is 0 Å². The van der Waals surface area contributed by atoms with Crippen LogP contribution in [-0.2, 0) is 11.2 Å². The fourth-order valence-corrected chi connectivity index (χ4v) is 3.97. The number of fused-ring (bicyclic) bond motifs is 2. The van der Waals surface area contributed by atoms with E-state index in [0.29, 0.717) is 11.8 Å². The topological polar surface area (TPSA) is 23.6 Å². The highest BCUT2D eigenvalue weighted by Gasteiger charge is 2.45. The molecule has 3 heteroatoms. The van der Waals surface area contributed by atoms with Gasteiger partial charge in [0.1, 0.15) is 0 Å². The molecule has 18 heavy (non-hydrogen) atoms. The second-order valence-electron chi connectivity index (χ2n) is 5.88. The van der Waals surface area contributed by atoms with Crippen LogP contribution < -0.4 is 4.90 Å². The van der Waals surface area contributed by atoms with E-state index in [1.54, 1.807) is 0 Å². The second kappa shape index (κ2) is 3.58. The lowest BCUT2D eigenvalue weighted by Crippen LogP contribution is -2.45. The molecule has 3 heterocycles. The Hall–Kier alpha value is -1.35. The van der Waals surface area contributed by atoms with Crippen molar-refractivity contribution in [2.24, 2.45) is 5.92 Å². The zero-order valence-electron chi connectivity index (χ0n) is 10.7. The number of rotatable bonds is 0. The number of benzene rings is 1. The monoisotopic (exact) mass is 242 g/mol. The summed E-state index contributed by atoms with van der Waals surface area (Å²) in [5.41, 5.74) is 4.05. The van der Waals surface area contributed by atoms with Crippen LogP contribution in [0.15, 0.2) is 18.2 Å². The van der Waals surface area contributed by atoms with Gasteiger partial charge >= 0.3 is 0 Å². The van der Waals surface area contributed by atoms with Crippen LogP contribution in [-0.4, -0.2) is 37.5 Å². The molecule has 0 radical (unpaired) electrons. The van der Waals surface area contributed by atoms with Crippen molar-refractivity contribution >= 4 is 11.6 Å². The number of hydrogen-bond acceptors (Lipinski definition) is 2. The van der Waals surface area contributed by atoms with Crippen molar-refractivity contribution in [3.8, 4) is 0 Å². The summed E-state index contributed by atoms with van der Waals surface area (Å²) in [6.45, 7) is 2.86. The zero-order chi connectivity index (χ0) is 12.3. The molecule has 94 valence electrons. The molecule has 0 saturated carbocycles. The summed E-state index contributed by atoms with van der Waals surface area (Å²) in [5, 5.41) is 0. The molecule has 4 rings (SSSR count). The van der Waals surface area contributed by atoms with Gasteiger partial charge < -0.3 is 9.80 Å². The molecule has 1 amide bonds. The number of aryl methyl sites for hydroxylation is 1. The van der Waals surface area contributed by atoms with Gasteiger partial charge in [0.25, 0.3) is 0 Å². The third kappa shape index (κ3) is 1.25. The molecule has 1 aromatic carbocycles. The molecule has 0 bridgehead atoms. The maximum Gasteiger partial charge on any atom is 0.232 e. The van der Waals surface area contributed by atoms with Crippen molar-refractivity contribution in [2.75, 3.05) is 31.6 Å². The van der Waals surface area contributed by atoms with E-state index in [2.05, 4.69) is 35.0 Å². The Balaban J connectivity index is 1.92. The summed E-state index contributed by atoms with van der Waals surface area (Å²) >= 11 is 0. The first-order chi connectivity index (χ1) is 8.75. The van der Waals surface area contributed by atoms with Gasteiger partial charge in [-0.2, -0.15) is 0 Å². The van der Waals surface area contributed by atoms with Crippen LogP contribution in [0, 0.1) is 5.92 Å². The number of hydrogen-bond donors (Lipinski definition) is 0. The smallest absolute Gasteiger partial charge is 0.232 e. The molecule has 2 atom stereocenters. The molecule has 1 aromatic rings. The highest BCUT2D eigenvalue weighted by atomic mass is 16.2. The van der Waals surface area contributed by atoms with Crippen molar-refractivity contribution in [2.45, 2.75) is 18.8 Å². The molecule has 1 saturated heterocycles. The minimum atomic E-state index is 0.191. The van der Waals surface area contributed by atoms with E-state index in [4.69, 9.17) is 0 Å². The molecular formula is C15H18N2O. The van der Waals surface area contributed by atoms with Crippen molar-refractivity contribution < 1.29 is 4.79 Å². The van der Waals surface area contributed by atoms with Crippen LogP contribution in [0.25, 0.3) is 0 Å². The molecule has 3 nitrogen and oxygen atoms in total. The maximum atomic E-state index is 12.6. The number of para-hydroxylation sites is 1. The minimum Gasteiger partial charge on any atom is -0.312 e. The lowest BCUT2D eigenvalue weighted by Gasteiger charge is -2.40. The van der Waals surface area contributed by atoms with Gasteiger partial charge in [0.05, 0.1) is 11.6 Å². The summed E-state index contributed by atoms with van der Waals surface area (Å²) < 4.78 is 0. The summed E-state index contributed by atoms with van der Waals surface area (Å²) in [5.74, 6) is 0.978. The number of likely N-dealkylation sites (N-methyl/N-ethyl adjacent to an activating group) is 1. The largest absolute Gasteiger partial charge is 0.312 e. The lowest BCUT2D eigenvalue weighted by molar-refractivity contribution is -0.122. The Kier molecular flexibility index (Phi) is 2.10. The molecule has 0 spiro atoms. The van der Waals surface area contributed by atoms with E-state index in [1.165, 1.54) is 16.8 Å². The summed E-state index contributed by atoms with van der Waals surface area (Å²) in [7, 11) is 2.12. The van der Waals surface area contributed by atoms with Gasteiger partial charge in [-0.25, -0.2) is 0 Å². The number of carbonyl (C=O) groups is 1. The minimum absolute atomic E-state index is 0.191. The first-order valence-electron chi connectivity index (χ1n) is 6.87. The summed E-state index contributed by atoms with van der Waals surface area (Å²) in [6, 6.07) is 6.60.